The Morgan fingerprint density at radius 2 is 1.93 bits per heavy atom. The first-order valence-electron chi connectivity index (χ1n) is 6.21. The number of fused-ring (bicyclic) bond motifs is 2. The van der Waals surface area contributed by atoms with Crippen LogP contribution in [-0.2, 0) is 4.79 Å². The van der Waals surface area contributed by atoms with Gasteiger partial charge >= 0.3 is 5.97 Å². The number of carboxylic acid groups (broad SMARTS) is 1. The summed E-state index contributed by atoms with van der Waals surface area (Å²) in [6, 6.07) is 1.11. The Kier molecular flexibility index (Phi) is 3.29. The second-order valence-corrected chi connectivity index (χ2v) is 4.98. The summed E-state index contributed by atoms with van der Waals surface area (Å²) in [5.74, 6) is -0.656. The van der Waals surface area contributed by atoms with Crippen molar-refractivity contribution in [2.45, 2.75) is 57.5 Å². The Labute approximate surface area is 91.5 Å². The number of hydrogen-bond donors (Lipinski definition) is 1. The molecule has 3 nitrogen and oxygen atoms in total. The first-order chi connectivity index (χ1) is 7.22. The van der Waals surface area contributed by atoms with Crippen LogP contribution in [0.25, 0.3) is 0 Å². The fourth-order valence-electron chi connectivity index (χ4n) is 3.30. The van der Waals surface area contributed by atoms with Crippen LogP contribution in [0.1, 0.15) is 45.4 Å². The average Bonchev–Trinajstić information content (AvgIpc) is 2.17. The van der Waals surface area contributed by atoms with E-state index in [1.807, 2.05) is 0 Å². The van der Waals surface area contributed by atoms with E-state index in [9.17, 15) is 4.79 Å². The van der Waals surface area contributed by atoms with E-state index in [0.717, 1.165) is 19.4 Å². The number of piperidine rings is 2. The van der Waals surface area contributed by atoms with Crippen molar-refractivity contribution < 1.29 is 9.90 Å². The summed E-state index contributed by atoms with van der Waals surface area (Å²) >= 11 is 0. The highest BCUT2D eigenvalue weighted by molar-refractivity contribution is 5.70. The smallest absolute Gasteiger partial charge is 0.306 e. The Bertz CT molecular complexity index is 228. The molecule has 2 saturated heterocycles. The van der Waals surface area contributed by atoms with Gasteiger partial charge in [0.1, 0.15) is 0 Å². The van der Waals surface area contributed by atoms with Gasteiger partial charge in [-0.05, 0) is 38.6 Å². The molecule has 0 aromatic rings. The SMILES string of the molecule is CCCN1C2CCCC1CC(C(=O)O)C2. The Balaban J connectivity index is 2.04. The molecule has 2 heterocycles. The summed E-state index contributed by atoms with van der Waals surface area (Å²) in [6.07, 6.45) is 6.66. The van der Waals surface area contributed by atoms with Gasteiger partial charge in [0.15, 0.2) is 0 Å². The van der Waals surface area contributed by atoms with Crippen molar-refractivity contribution >= 4 is 5.97 Å². The number of hydrogen-bond acceptors (Lipinski definition) is 2. The molecule has 0 spiro atoms. The standard InChI is InChI=1S/C12H21NO2/c1-2-6-13-10-4-3-5-11(13)8-9(7-10)12(14)15/h9-11H,2-8H2,1H3,(H,14,15). The molecule has 2 rings (SSSR count). The van der Waals surface area contributed by atoms with Crippen LogP contribution in [0.3, 0.4) is 0 Å². The molecule has 3 heteroatoms. The van der Waals surface area contributed by atoms with E-state index < -0.39 is 5.97 Å². The summed E-state index contributed by atoms with van der Waals surface area (Å²) in [5.41, 5.74) is 0. The van der Waals surface area contributed by atoms with Crippen LogP contribution in [0.2, 0.25) is 0 Å². The third kappa shape index (κ3) is 2.17. The number of nitrogens with zero attached hydrogens (tertiary/aromatic N) is 1. The maximum Gasteiger partial charge on any atom is 0.306 e. The van der Waals surface area contributed by atoms with Crippen LogP contribution >= 0.6 is 0 Å². The van der Waals surface area contributed by atoms with Crippen molar-refractivity contribution in [2.24, 2.45) is 5.92 Å². The summed E-state index contributed by atoms with van der Waals surface area (Å²) in [4.78, 5) is 13.6. The average molecular weight is 211 g/mol. The highest BCUT2D eigenvalue weighted by Crippen LogP contribution is 2.36. The molecule has 0 aliphatic carbocycles. The lowest BCUT2D eigenvalue weighted by Gasteiger charge is -2.48. The molecular formula is C12H21NO2. The molecule has 2 aliphatic rings. The van der Waals surface area contributed by atoms with E-state index in [1.54, 1.807) is 0 Å². The number of carboxylic acids is 1. The third-order valence-corrected chi connectivity index (χ3v) is 3.96. The highest BCUT2D eigenvalue weighted by Gasteiger charge is 2.39. The lowest BCUT2D eigenvalue weighted by Crippen LogP contribution is -2.53. The molecule has 15 heavy (non-hydrogen) atoms. The van der Waals surface area contributed by atoms with Crippen LogP contribution < -0.4 is 0 Å². The van der Waals surface area contributed by atoms with Gasteiger partial charge < -0.3 is 5.11 Å². The maximum atomic E-state index is 11.0. The Morgan fingerprint density at radius 3 is 2.40 bits per heavy atom. The number of carbonyl (C=O) groups is 1. The minimum absolute atomic E-state index is 0.0755. The van der Waals surface area contributed by atoms with Gasteiger partial charge in [0.05, 0.1) is 5.92 Å². The summed E-state index contributed by atoms with van der Waals surface area (Å²) in [7, 11) is 0. The predicted octanol–water partition coefficient (Wildman–Crippen LogP) is 2.11. The molecule has 2 unspecified atom stereocenters. The van der Waals surface area contributed by atoms with Crippen molar-refractivity contribution in [1.82, 2.24) is 4.90 Å². The molecule has 0 aromatic carbocycles. The van der Waals surface area contributed by atoms with Crippen LogP contribution in [0.5, 0.6) is 0 Å². The van der Waals surface area contributed by atoms with E-state index in [4.69, 9.17) is 5.11 Å². The molecule has 2 atom stereocenters. The molecular weight excluding hydrogens is 190 g/mol. The molecule has 0 aromatic heterocycles. The van der Waals surface area contributed by atoms with Gasteiger partial charge in [0.2, 0.25) is 0 Å². The largest absolute Gasteiger partial charge is 0.481 e. The van der Waals surface area contributed by atoms with E-state index >= 15 is 0 Å². The topological polar surface area (TPSA) is 40.5 Å². The first kappa shape index (κ1) is 10.9. The third-order valence-electron chi connectivity index (χ3n) is 3.96. The maximum absolute atomic E-state index is 11.0. The highest BCUT2D eigenvalue weighted by atomic mass is 16.4. The minimum Gasteiger partial charge on any atom is -0.481 e. The zero-order valence-electron chi connectivity index (χ0n) is 9.48. The van der Waals surface area contributed by atoms with E-state index in [2.05, 4.69) is 11.8 Å². The van der Waals surface area contributed by atoms with Gasteiger partial charge in [-0.3, -0.25) is 9.69 Å². The van der Waals surface area contributed by atoms with Gasteiger partial charge in [0, 0.05) is 12.1 Å². The van der Waals surface area contributed by atoms with Crippen LogP contribution in [-0.4, -0.2) is 34.6 Å². The fourth-order valence-corrected chi connectivity index (χ4v) is 3.30. The Morgan fingerprint density at radius 1 is 1.33 bits per heavy atom. The number of rotatable bonds is 3. The normalized spacial score (nSPS) is 36.5. The van der Waals surface area contributed by atoms with E-state index in [0.29, 0.717) is 12.1 Å². The second kappa shape index (κ2) is 4.52. The summed E-state index contributed by atoms with van der Waals surface area (Å²) in [5, 5.41) is 9.09. The first-order valence-corrected chi connectivity index (χ1v) is 6.21. The van der Waals surface area contributed by atoms with Crippen LogP contribution in [0.15, 0.2) is 0 Å². The fraction of sp³-hybridized carbons (Fsp3) is 0.917. The van der Waals surface area contributed by atoms with Crippen LogP contribution in [0, 0.1) is 5.92 Å². The van der Waals surface area contributed by atoms with Crippen molar-refractivity contribution in [3.05, 3.63) is 0 Å². The molecule has 0 radical (unpaired) electrons. The summed E-state index contributed by atoms with van der Waals surface area (Å²) < 4.78 is 0. The van der Waals surface area contributed by atoms with Gasteiger partial charge in [0.25, 0.3) is 0 Å². The van der Waals surface area contributed by atoms with Crippen molar-refractivity contribution in [3.8, 4) is 0 Å². The van der Waals surface area contributed by atoms with Gasteiger partial charge in [-0.2, -0.15) is 0 Å². The monoisotopic (exact) mass is 211 g/mol. The second-order valence-electron chi connectivity index (χ2n) is 4.98. The van der Waals surface area contributed by atoms with Crippen molar-refractivity contribution in [3.63, 3.8) is 0 Å². The van der Waals surface area contributed by atoms with E-state index in [1.165, 1.54) is 25.7 Å². The Hall–Kier alpha value is -0.570. The van der Waals surface area contributed by atoms with Crippen molar-refractivity contribution in [2.75, 3.05) is 6.54 Å². The van der Waals surface area contributed by atoms with E-state index in [-0.39, 0.29) is 5.92 Å². The van der Waals surface area contributed by atoms with Crippen molar-refractivity contribution in [1.29, 1.82) is 0 Å². The molecule has 0 amide bonds. The molecule has 86 valence electrons. The molecule has 2 fully saturated rings. The molecule has 0 saturated carbocycles. The predicted molar refractivity (Wildman–Crippen MR) is 58.8 cm³/mol. The quantitative estimate of drug-likeness (QED) is 0.777. The molecule has 2 bridgehead atoms. The zero-order chi connectivity index (χ0) is 10.8. The number of aliphatic carboxylic acids is 1. The molecule has 1 N–H and O–H groups in total. The zero-order valence-corrected chi connectivity index (χ0v) is 9.48. The lowest BCUT2D eigenvalue weighted by atomic mass is 9.78. The van der Waals surface area contributed by atoms with Gasteiger partial charge in [-0.15, -0.1) is 0 Å². The lowest BCUT2D eigenvalue weighted by molar-refractivity contribution is -0.146. The van der Waals surface area contributed by atoms with Crippen LogP contribution in [0.4, 0.5) is 0 Å². The minimum atomic E-state index is -0.581. The van der Waals surface area contributed by atoms with Gasteiger partial charge in [-0.1, -0.05) is 13.3 Å². The summed E-state index contributed by atoms with van der Waals surface area (Å²) in [6.45, 7) is 3.36. The van der Waals surface area contributed by atoms with Gasteiger partial charge in [-0.25, -0.2) is 0 Å². The molecule has 2 aliphatic heterocycles.